The SMILES string of the molecule is CCc1cc(C(=O)Nc2cc(F)ccc2C(=O)O)n(C)n1. The molecule has 0 radical (unpaired) electrons. The molecule has 110 valence electrons. The molecule has 2 aromatic rings. The lowest BCUT2D eigenvalue weighted by molar-refractivity contribution is 0.0698. The monoisotopic (exact) mass is 291 g/mol. The first-order valence-corrected chi connectivity index (χ1v) is 6.29. The fourth-order valence-electron chi connectivity index (χ4n) is 1.90. The van der Waals surface area contributed by atoms with Crippen molar-refractivity contribution in [2.75, 3.05) is 5.32 Å². The summed E-state index contributed by atoms with van der Waals surface area (Å²) < 4.78 is 14.6. The maximum Gasteiger partial charge on any atom is 0.337 e. The molecule has 6 nitrogen and oxygen atoms in total. The highest BCUT2D eigenvalue weighted by Crippen LogP contribution is 2.18. The van der Waals surface area contributed by atoms with E-state index in [9.17, 15) is 14.0 Å². The summed E-state index contributed by atoms with van der Waals surface area (Å²) >= 11 is 0. The highest BCUT2D eigenvalue weighted by atomic mass is 19.1. The maximum atomic E-state index is 13.2. The lowest BCUT2D eigenvalue weighted by Crippen LogP contribution is -2.18. The van der Waals surface area contributed by atoms with Crippen LogP contribution in [0.4, 0.5) is 10.1 Å². The van der Waals surface area contributed by atoms with E-state index in [0.717, 1.165) is 23.9 Å². The van der Waals surface area contributed by atoms with Crippen molar-refractivity contribution in [1.82, 2.24) is 9.78 Å². The second kappa shape index (κ2) is 5.74. The van der Waals surface area contributed by atoms with E-state index >= 15 is 0 Å². The van der Waals surface area contributed by atoms with Crippen molar-refractivity contribution >= 4 is 17.6 Å². The number of nitrogens with one attached hydrogen (secondary N) is 1. The van der Waals surface area contributed by atoms with Crippen LogP contribution in [0, 0.1) is 5.82 Å². The third-order valence-electron chi connectivity index (χ3n) is 2.99. The first kappa shape index (κ1) is 14.7. The smallest absolute Gasteiger partial charge is 0.337 e. The summed E-state index contributed by atoms with van der Waals surface area (Å²) in [7, 11) is 1.61. The number of nitrogens with zero attached hydrogens (tertiary/aromatic N) is 2. The Kier molecular flexibility index (Phi) is 4.02. The van der Waals surface area contributed by atoms with E-state index in [1.54, 1.807) is 13.1 Å². The Morgan fingerprint density at radius 1 is 1.38 bits per heavy atom. The molecule has 0 bridgehead atoms. The number of carboxylic acid groups (broad SMARTS) is 1. The standard InChI is InChI=1S/C14H14FN3O3/c1-3-9-7-12(18(2)17-9)13(19)16-11-6-8(15)4-5-10(11)14(20)21/h4-7H,3H2,1-2H3,(H,16,19)(H,20,21). The van der Waals surface area contributed by atoms with Gasteiger partial charge < -0.3 is 10.4 Å². The van der Waals surface area contributed by atoms with Crippen LogP contribution in [0.2, 0.25) is 0 Å². The minimum absolute atomic E-state index is 0.0910. The summed E-state index contributed by atoms with van der Waals surface area (Å²) in [6.07, 6.45) is 0.668. The highest BCUT2D eigenvalue weighted by molar-refractivity contribution is 6.06. The van der Waals surface area contributed by atoms with Gasteiger partial charge in [-0.05, 0) is 30.7 Å². The first-order valence-electron chi connectivity index (χ1n) is 6.29. The highest BCUT2D eigenvalue weighted by Gasteiger charge is 2.17. The summed E-state index contributed by atoms with van der Waals surface area (Å²) in [4.78, 5) is 23.2. The van der Waals surface area contributed by atoms with Gasteiger partial charge in [-0.2, -0.15) is 5.10 Å². The lowest BCUT2D eigenvalue weighted by atomic mass is 10.1. The number of carbonyl (C=O) groups excluding carboxylic acids is 1. The predicted molar refractivity (Wildman–Crippen MR) is 73.9 cm³/mol. The van der Waals surface area contributed by atoms with Crippen molar-refractivity contribution < 1.29 is 19.1 Å². The van der Waals surface area contributed by atoms with Crippen LogP contribution in [0.3, 0.4) is 0 Å². The molecule has 0 saturated heterocycles. The maximum absolute atomic E-state index is 13.2. The van der Waals surface area contributed by atoms with Crippen LogP contribution in [0.5, 0.6) is 0 Å². The summed E-state index contributed by atoms with van der Waals surface area (Å²) in [6, 6.07) is 4.71. The van der Waals surface area contributed by atoms with E-state index in [-0.39, 0.29) is 16.9 Å². The molecule has 2 N–H and O–H groups in total. The van der Waals surface area contributed by atoms with E-state index < -0.39 is 17.7 Å². The fraction of sp³-hybridized carbons (Fsp3) is 0.214. The summed E-state index contributed by atoms with van der Waals surface area (Å²) in [5.41, 5.74) is 0.738. The molecule has 0 aliphatic heterocycles. The summed E-state index contributed by atoms with van der Waals surface area (Å²) in [6.45, 7) is 1.90. The van der Waals surface area contributed by atoms with Crippen LogP contribution in [0.15, 0.2) is 24.3 Å². The van der Waals surface area contributed by atoms with E-state index in [1.807, 2.05) is 6.92 Å². The zero-order chi connectivity index (χ0) is 15.6. The third kappa shape index (κ3) is 3.07. The predicted octanol–water partition coefficient (Wildman–Crippen LogP) is 2.07. The van der Waals surface area contributed by atoms with Gasteiger partial charge >= 0.3 is 5.97 Å². The molecule has 1 aromatic carbocycles. The van der Waals surface area contributed by atoms with Gasteiger partial charge in [-0.25, -0.2) is 9.18 Å². The second-order valence-corrected chi connectivity index (χ2v) is 4.45. The normalized spacial score (nSPS) is 10.4. The lowest BCUT2D eigenvalue weighted by Gasteiger charge is -2.08. The van der Waals surface area contributed by atoms with E-state index in [0.29, 0.717) is 6.42 Å². The summed E-state index contributed by atoms with van der Waals surface area (Å²) in [5, 5.41) is 15.6. The third-order valence-corrected chi connectivity index (χ3v) is 2.99. The van der Waals surface area contributed by atoms with Gasteiger partial charge in [0.25, 0.3) is 5.91 Å². The Bertz CT molecular complexity index is 709. The minimum atomic E-state index is -1.25. The number of rotatable bonds is 4. The minimum Gasteiger partial charge on any atom is -0.478 e. The molecule has 0 aliphatic carbocycles. The quantitative estimate of drug-likeness (QED) is 0.903. The zero-order valence-corrected chi connectivity index (χ0v) is 11.6. The Hall–Kier alpha value is -2.70. The number of aromatic nitrogens is 2. The molecule has 0 fully saturated rings. The number of hydrogen-bond donors (Lipinski definition) is 2. The van der Waals surface area contributed by atoms with Crippen molar-refractivity contribution in [3.63, 3.8) is 0 Å². The molecule has 0 saturated carbocycles. The van der Waals surface area contributed by atoms with Gasteiger partial charge in [0.05, 0.1) is 16.9 Å². The van der Waals surface area contributed by atoms with Gasteiger partial charge in [0.15, 0.2) is 0 Å². The zero-order valence-electron chi connectivity index (χ0n) is 11.6. The topological polar surface area (TPSA) is 84.2 Å². The van der Waals surface area contributed by atoms with Gasteiger partial charge in [0.1, 0.15) is 11.5 Å². The number of carboxylic acids is 1. The number of carbonyl (C=O) groups is 2. The number of aryl methyl sites for hydroxylation is 2. The molecule has 2 rings (SSSR count). The molecule has 0 atom stereocenters. The largest absolute Gasteiger partial charge is 0.478 e. The van der Waals surface area contributed by atoms with Crippen LogP contribution in [0.1, 0.15) is 33.5 Å². The first-order chi connectivity index (χ1) is 9.92. The molecule has 0 spiro atoms. The molecule has 1 aromatic heterocycles. The second-order valence-electron chi connectivity index (χ2n) is 4.45. The number of hydrogen-bond acceptors (Lipinski definition) is 3. The molecule has 1 amide bonds. The van der Waals surface area contributed by atoms with E-state index in [2.05, 4.69) is 10.4 Å². The van der Waals surface area contributed by atoms with Gasteiger partial charge in [0, 0.05) is 7.05 Å². The Morgan fingerprint density at radius 2 is 2.10 bits per heavy atom. The average Bonchev–Trinajstić information content (AvgIpc) is 2.80. The van der Waals surface area contributed by atoms with Gasteiger partial charge in [-0.1, -0.05) is 6.92 Å². The van der Waals surface area contributed by atoms with Crippen molar-refractivity contribution in [3.8, 4) is 0 Å². The van der Waals surface area contributed by atoms with E-state index in [1.165, 1.54) is 4.68 Å². The molecular weight excluding hydrogens is 277 g/mol. The van der Waals surface area contributed by atoms with Crippen LogP contribution in [0.25, 0.3) is 0 Å². The number of anilines is 1. The number of aromatic carboxylic acids is 1. The van der Waals surface area contributed by atoms with Crippen LogP contribution >= 0.6 is 0 Å². The van der Waals surface area contributed by atoms with Crippen LogP contribution in [-0.2, 0) is 13.5 Å². The molecular formula is C14H14FN3O3. The Labute approximate surface area is 120 Å². The van der Waals surface area contributed by atoms with Gasteiger partial charge in [-0.15, -0.1) is 0 Å². The molecule has 7 heteroatoms. The van der Waals surface area contributed by atoms with Crippen molar-refractivity contribution in [2.45, 2.75) is 13.3 Å². The van der Waals surface area contributed by atoms with Crippen molar-refractivity contribution in [3.05, 3.63) is 47.0 Å². The number of benzene rings is 1. The van der Waals surface area contributed by atoms with Crippen molar-refractivity contribution in [1.29, 1.82) is 0 Å². The molecule has 0 unspecified atom stereocenters. The van der Waals surface area contributed by atoms with Crippen LogP contribution < -0.4 is 5.32 Å². The van der Waals surface area contributed by atoms with E-state index in [4.69, 9.17) is 5.11 Å². The Morgan fingerprint density at radius 3 is 2.67 bits per heavy atom. The van der Waals surface area contributed by atoms with Crippen LogP contribution in [-0.4, -0.2) is 26.8 Å². The fourth-order valence-corrected chi connectivity index (χ4v) is 1.90. The van der Waals surface area contributed by atoms with Gasteiger partial charge in [0.2, 0.25) is 0 Å². The molecule has 1 heterocycles. The number of amides is 1. The average molecular weight is 291 g/mol. The summed E-state index contributed by atoms with van der Waals surface area (Å²) in [5.74, 6) is -2.42. The number of halogens is 1. The van der Waals surface area contributed by atoms with Crippen molar-refractivity contribution in [2.24, 2.45) is 7.05 Å². The Balaban J connectivity index is 2.33. The van der Waals surface area contributed by atoms with Gasteiger partial charge in [-0.3, -0.25) is 9.48 Å². The molecule has 0 aliphatic rings. The molecule has 21 heavy (non-hydrogen) atoms.